The van der Waals surface area contributed by atoms with E-state index in [0.717, 1.165) is 26.2 Å². The van der Waals surface area contributed by atoms with Gasteiger partial charge in [-0.1, -0.05) is 13.0 Å². The van der Waals surface area contributed by atoms with Crippen LogP contribution in [0.2, 0.25) is 0 Å². The summed E-state index contributed by atoms with van der Waals surface area (Å²) < 4.78 is 80.9. The molecule has 198 valence electrons. The summed E-state index contributed by atoms with van der Waals surface area (Å²) in [5.41, 5.74) is -2.26. The number of hydrogen-bond donors (Lipinski definition) is 2. The van der Waals surface area contributed by atoms with Crippen LogP contribution < -0.4 is 10.1 Å². The molecule has 7 nitrogen and oxygen atoms in total. The number of carbonyl (C=O) groups excluding carboxylic acids is 1. The fourth-order valence-electron chi connectivity index (χ4n) is 4.48. The summed E-state index contributed by atoms with van der Waals surface area (Å²) in [6.07, 6.45) is -5.20. The molecule has 1 aliphatic heterocycles. The Morgan fingerprint density at radius 1 is 1.31 bits per heavy atom. The molecule has 2 N–H and O–H groups in total. The summed E-state index contributed by atoms with van der Waals surface area (Å²) in [6.45, 7) is 1.79. The highest BCUT2D eigenvalue weighted by Gasteiger charge is 2.65. The van der Waals surface area contributed by atoms with Gasteiger partial charge in [0.1, 0.15) is 6.10 Å². The number of aliphatic hydroxyl groups excluding tert-OH is 1. The van der Waals surface area contributed by atoms with Crippen LogP contribution >= 0.6 is 0 Å². The molecule has 2 aromatic rings. The molecule has 2 heterocycles. The summed E-state index contributed by atoms with van der Waals surface area (Å²) in [6, 6.07) is 4.28. The van der Waals surface area contributed by atoms with Crippen molar-refractivity contribution in [1.82, 2.24) is 9.88 Å². The number of methoxy groups -OCH3 is 1. The first kappa shape index (κ1) is 27.8. The van der Waals surface area contributed by atoms with Crippen LogP contribution in [-0.2, 0) is 9.53 Å². The van der Waals surface area contributed by atoms with E-state index in [9.17, 15) is 31.9 Å². The summed E-state index contributed by atoms with van der Waals surface area (Å²) >= 11 is 0. The molecule has 1 aromatic carbocycles. The molecule has 3 rings (SSSR count). The van der Waals surface area contributed by atoms with Crippen molar-refractivity contribution in [2.75, 3.05) is 33.1 Å². The number of nitrogens with one attached hydrogen (secondary N) is 1. The van der Waals surface area contributed by atoms with Crippen molar-refractivity contribution in [3.8, 4) is 5.75 Å². The minimum Gasteiger partial charge on any atom is -0.493 e. The minimum absolute atomic E-state index is 0.125. The molecule has 1 saturated heterocycles. The molecule has 0 aliphatic carbocycles. The fourth-order valence-corrected chi connectivity index (χ4v) is 4.48. The van der Waals surface area contributed by atoms with Crippen LogP contribution in [0.5, 0.6) is 5.75 Å². The summed E-state index contributed by atoms with van der Waals surface area (Å²) in [4.78, 5) is 19.2. The molecule has 5 atom stereocenters. The van der Waals surface area contributed by atoms with E-state index in [4.69, 9.17) is 9.47 Å². The molecule has 1 aromatic heterocycles. The number of halogens is 5. The zero-order valence-electron chi connectivity index (χ0n) is 20.4. The van der Waals surface area contributed by atoms with Gasteiger partial charge in [-0.05, 0) is 39.2 Å². The number of aliphatic hydroxyl groups is 1. The lowest BCUT2D eigenvalue weighted by Gasteiger charge is -2.32. The smallest absolute Gasteiger partial charge is 0.417 e. The van der Waals surface area contributed by atoms with Crippen LogP contribution in [0.4, 0.5) is 27.6 Å². The van der Waals surface area contributed by atoms with E-state index in [2.05, 4.69) is 10.3 Å². The third kappa shape index (κ3) is 4.89. The molecule has 0 bridgehead atoms. The van der Waals surface area contributed by atoms with Crippen molar-refractivity contribution in [3.05, 3.63) is 53.4 Å². The van der Waals surface area contributed by atoms with Gasteiger partial charge >= 0.3 is 6.18 Å². The molecular formula is C24H28F5N3O4. The maximum Gasteiger partial charge on any atom is 0.417 e. The van der Waals surface area contributed by atoms with Gasteiger partial charge in [0.15, 0.2) is 17.2 Å². The standard InChI is InChI=1S/C24H28F5N3O4/c1-12-18(14-6-7-15(25)19(26)20(14)35-5)21(36-23(12,2)24(27,28)29)22(34)31-13-8-9-30-16(10-13)17(11-33)32(3)4/h6-10,12,17-18,21,33H,11H2,1-5H3,(H,30,31,34)/t12-,17-,18-,21+,23+/m0/s1. The van der Waals surface area contributed by atoms with E-state index in [-0.39, 0.29) is 17.9 Å². The average Bonchev–Trinajstić information content (AvgIpc) is 3.08. The number of benzene rings is 1. The van der Waals surface area contributed by atoms with Gasteiger partial charge in [0, 0.05) is 29.3 Å². The van der Waals surface area contributed by atoms with Gasteiger partial charge in [-0.15, -0.1) is 0 Å². The molecule has 12 heteroatoms. The number of anilines is 1. The lowest BCUT2D eigenvalue weighted by atomic mass is 9.77. The van der Waals surface area contributed by atoms with Crippen molar-refractivity contribution in [2.24, 2.45) is 5.92 Å². The van der Waals surface area contributed by atoms with E-state index < -0.39 is 59.1 Å². The van der Waals surface area contributed by atoms with Crippen LogP contribution in [0.25, 0.3) is 0 Å². The first-order chi connectivity index (χ1) is 16.8. The maximum absolute atomic E-state index is 14.5. The number of pyridine rings is 1. The Labute approximate surface area is 205 Å². The number of ether oxygens (including phenoxy) is 2. The van der Waals surface area contributed by atoms with E-state index >= 15 is 0 Å². The highest BCUT2D eigenvalue weighted by Crippen LogP contribution is 2.55. The number of aromatic nitrogens is 1. The third-order valence-electron chi connectivity index (χ3n) is 6.76. The maximum atomic E-state index is 14.5. The first-order valence-corrected chi connectivity index (χ1v) is 11.1. The van der Waals surface area contributed by atoms with E-state index in [1.54, 1.807) is 19.0 Å². The molecular weight excluding hydrogens is 489 g/mol. The molecule has 1 fully saturated rings. The zero-order valence-corrected chi connectivity index (χ0v) is 20.4. The topological polar surface area (TPSA) is 83.9 Å². The third-order valence-corrected chi connectivity index (χ3v) is 6.76. The summed E-state index contributed by atoms with van der Waals surface area (Å²) in [7, 11) is 4.50. The molecule has 1 amide bonds. The van der Waals surface area contributed by atoms with Crippen molar-refractivity contribution in [3.63, 3.8) is 0 Å². The predicted molar refractivity (Wildman–Crippen MR) is 121 cm³/mol. The van der Waals surface area contributed by atoms with Crippen LogP contribution in [-0.4, -0.2) is 66.6 Å². The lowest BCUT2D eigenvalue weighted by Crippen LogP contribution is -2.47. The Bertz CT molecular complexity index is 1110. The van der Waals surface area contributed by atoms with Crippen LogP contribution in [0.3, 0.4) is 0 Å². The highest BCUT2D eigenvalue weighted by atomic mass is 19.4. The van der Waals surface area contributed by atoms with Gasteiger partial charge in [0.05, 0.1) is 25.5 Å². The number of alkyl halides is 3. The Kier molecular flexibility index (Phi) is 7.92. The number of nitrogens with zero attached hydrogens (tertiary/aromatic N) is 2. The van der Waals surface area contributed by atoms with Gasteiger partial charge in [-0.3, -0.25) is 14.7 Å². The minimum atomic E-state index is -4.87. The Morgan fingerprint density at radius 2 is 1.97 bits per heavy atom. The first-order valence-electron chi connectivity index (χ1n) is 11.1. The normalized spacial score (nSPS) is 25.2. The Morgan fingerprint density at radius 3 is 2.53 bits per heavy atom. The number of carbonyl (C=O) groups is 1. The van der Waals surface area contributed by atoms with Crippen molar-refractivity contribution in [1.29, 1.82) is 0 Å². The van der Waals surface area contributed by atoms with Gasteiger partial charge in [0.2, 0.25) is 5.82 Å². The SMILES string of the molecule is COc1c([C@H]2[C@H](C(=O)Nc3ccnc([C@H](CO)N(C)C)c3)O[C@@](C)(C(F)(F)F)[C@H]2C)ccc(F)c1F. The van der Waals surface area contributed by atoms with Crippen molar-refractivity contribution in [2.45, 2.75) is 43.7 Å². The second kappa shape index (κ2) is 10.3. The number of rotatable bonds is 7. The van der Waals surface area contributed by atoms with E-state index in [1.165, 1.54) is 25.3 Å². The molecule has 0 radical (unpaired) electrons. The van der Waals surface area contributed by atoms with Crippen molar-refractivity contribution < 1.29 is 41.3 Å². The second-order valence-corrected chi connectivity index (χ2v) is 9.06. The van der Waals surface area contributed by atoms with E-state index in [0.29, 0.717) is 5.69 Å². The summed E-state index contributed by atoms with van der Waals surface area (Å²) in [5, 5.41) is 12.2. The monoisotopic (exact) mass is 517 g/mol. The Balaban J connectivity index is 2.04. The largest absolute Gasteiger partial charge is 0.493 e. The molecule has 1 aliphatic rings. The van der Waals surface area contributed by atoms with Crippen molar-refractivity contribution >= 4 is 11.6 Å². The zero-order chi connectivity index (χ0) is 27.0. The van der Waals surface area contributed by atoms with Gasteiger partial charge < -0.3 is 19.9 Å². The number of likely N-dealkylation sites (N-methyl/N-ethyl adjacent to an activating group) is 1. The molecule has 0 unspecified atom stereocenters. The van der Waals surface area contributed by atoms with Crippen LogP contribution in [0.15, 0.2) is 30.5 Å². The Hall–Kier alpha value is -2.83. The number of hydrogen-bond acceptors (Lipinski definition) is 6. The molecule has 0 spiro atoms. The van der Waals surface area contributed by atoms with Gasteiger partial charge in [0.25, 0.3) is 5.91 Å². The molecule has 36 heavy (non-hydrogen) atoms. The van der Waals surface area contributed by atoms with Gasteiger partial charge in [-0.25, -0.2) is 4.39 Å². The van der Waals surface area contributed by atoms with Gasteiger partial charge in [-0.2, -0.15) is 17.6 Å². The number of amides is 1. The quantitative estimate of drug-likeness (QED) is 0.540. The lowest BCUT2D eigenvalue weighted by molar-refractivity contribution is -0.272. The average molecular weight is 517 g/mol. The second-order valence-electron chi connectivity index (χ2n) is 9.06. The summed E-state index contributed by atoms with van der Waals surface area (Å²) in [5.74, 6) is -6.83. The molecule has 0 saturated carbocycles. The predicted octanol–water partition coefficient (Wildman–Crippen LogP) is 4.04. The van der Waals surface area contributed by atoms with E-state index in [1.807, 2.05) is 0 Å². The van der Waals surface area contributed by atoms with Crippen LogP contribution in [0, 0.1) is 17.6 Å². The fraction of sp³-hybridized carbons (Fsp3) is 0.500. The highest BCUT2D eigenvalue weighted by molar-refractivity contribution is 5.95. The van der Waals surface area contributed by atoms with Crippen LogP contribution in [0.1, 0.15) is 37.1 Å².